The van der Waals surface area contributed by atoms with Gasteiger partial charge >= 0.3 is 12.1 Å². The van der Waals surface area contributed by atoms with Crippen LogP contribution in [0.5, 0.6) is 0 Å². The molecule has 0 radical (unpaired) electrons. The lowest BCUT2D eigenvalue weighted by atomic mass is 9.73. The molecule has 1 unspecified atom stereocenters. The highest BCUT2D eigenvalue weighted by molar-refractivity contribution is 5.79. The highest BCUT2D eigenvalue weighted by atomic mass is 16.5. The van der Waals surface area contributed by atoms with E-state index in [1.165, 1.54) is 22.3 Å². The Labute approximate surface area is 205 Å². The van der Waals surface area contributed by atoms with Crippen LogP contribution in [0.15, 0.2) is 48.5 Å². The van der Waals surface area contributed by atoms with E-state index < -0.39 is 12.1 Å². The van der Waals surface area contributed by atoms with E-state index in [2.05, 4.69) is 29.6 Å². The van der Waals surface area contributed by atoms with Gasteiger partial charge in [0.05, 0.1) is 6.42 Å². The van der Waals surface area contributed by atoms with Gasteiger partial charge in [0.25, 0.3) is 0 Å². The zero-order chi connectivity index (χ0) is 24.4. The zero-order valence-electron chi connectivity index (χ0n) is 19.8. The SMILES string of the molecule is O=C(O)CC1CCCN1C(=O)CC1CC(CNC(=O)OCC2c3ccccc3-c3ccccc32)C1. The molecule has 1 atom stereocenters. The first kappa shape index (κ1) is 23.4. The molecule has 2 amide bonds. The molecule has 1 saturated carbocycles. The van der Waals surface area contributed by atoms with Gasteiger partial charge in [-0.1, -0.05) is 48.5 Å². The van der Waals surface area contributed by atoms with Crippen molar-refractivity contribution in [3.05, 3.63) is 59.7 Å². The van der Waals surface area contributed by atoms with Gasteiger partial charge < -0.3 is 20.1 Å². The van der Waals surface area contributed by atoms with Crippen molar-refractivity contribution in [1.82, 2.24) is 10.2 Å². The van der Waals surface area contributed by atoms with Crippen molar-refractivity contribution in [2.24, 2.45) is 11.8 Å². The van der Waals surface area contributed by atoms with Crippen molar-refractivity contribution in [3.8, 4) is 11.1 Å². The number of carboxylic acid groups (broad SMARTS) is 1. The van der Waals surface area contributed by atoms with Crippen LogP contribution in [-0.2, 0) is 14.3 Å². The molecule has 1 heterocycles. The number of aliphatic carboxylic acids is 1. The van der Waals surface area contributed by atoms with E-state index in [1.54, 1.807) is 4.90 Å². The van der Waals surface area contributed by atoms with Crippen LogP contribution in [0.2, 0.25) is 0 Å². The number of alkyl carbamates (subject to hydrolysis) is 1. The fraction of sp³-hybridized carbons (Fsp3) is 0.464. The molecule has 35 heavy (non-hydrogen) atoms. The Hall–Kier alpha value is -3.35. The molecule has 2 fully saturated rings. The summed E-state index contributed by atoms with van der Waals surface area (Å²) < 4.78 is 5.60. The zero-order valence-corrected chi connectivity index (χ0v) is 19.8. The minimum atomic E-state index is -0.849. The normalized spacial score (nSPS) is 22.7. The lowest BCUT2D eigenvalue weighted by molar-refractivity contribution is -0.140. The number of rotatable bonds is 8. The second-order valence-corrected chi connectivity index (χ2v) is 10.1. The quantitative estimate of drug-likeness (QED) is 0.589. The molecule has 2 aliphatic carbocycles. The molecule has 0 aromatic heterocycles. The van der Waals surface area contributed by atoms with Crippen molar-refractivity contribution in [2.75, 3.05) is 19.7 Å². The topological polar surface area (TPSA) is 95.9 Å². The second-order valence-electron chi connectivity index (χ2n) is 10.1. The van der Waals surface area contributed by atoms with Crippen LogP contribution >= 0.6 is 0 Å². The minimum Gasteiger partial charge on any atom is -0.481 e. The third kappa shape index (κ3) is 5.04. The van der Waals surface area contributed by atoms with Gasteiger partial charge in [-0.2, -0.15) is 0 Å². The summed E-state index contributed by atoms with van der Waals surface area (Å²) in [5.41, 5.74) is 4.79. The summed E-state index contributed by atoms with van der Waals surface area (Å²) >= 11 is 0. The molecular weight excluding hydrogens is 444 g/mol. The van der Waals surface area contributed by atoms with E-state index in [9.17, 15) is 14.4 Å². The number of amides is 2. The van der Waals surface area contributed by atoms with Crippen LogP contribution in [0.25, 0.3) is 11.1 Å². The highest BCUT2D eigenvalue weighted by Gasteiger charge is 2.36. The van der Waals surface area contributed by atoms with Crippen LogP contribution in [0.3, 0.4) is 0 Å². The summed E-state index contributed by atoms with van der Waals surface area (Å²) in [6.07, 6.45) is 3.54. The molecule has 184 valence electrons. The molecule has 1 saturated heterocycles. The molecule has 7 heteroatoms. The summed E-state index contributed by atoms with van der Waals surface area (Å²) in [7, 11) is 0. The van der Waals surface area contributed by atoms with E-state index in [0.29, 0.717) is 38.0 Å². The van der Waals surface area contributed by atoms with Gasteiger partial charge in [-0.3, -0.25) is 9.59 Å². The molecule has 0 spiro atoms. The Morgan fingerprint density at radius 3 is 2.26 bits per heavy atom. The lowest BCUT2D eigenvalue weighted by Gasteiger charge is -2.36. The van der Waals surface area contributed by atoms with E-state index in [0.717, 1.165) is 25.7 Å². The van der Waals surface area contributed by atoms with E-state index in [-0.39, 0.29) is 24.3 Å². The number of hydrogen-bond donors (Lipinski definition) is 2. The first-order chi connectivity index (χ1) is 17.0. The van der Waals surface area contributed by atoms with Gasteiger partial charge in [-0.05, 0) is 59.8 Å². The van der Waals surface area contributed by atoms with Gasteiger partial charge in [0, 0.05) is 31.5 Å². The number of nitrogens with one attached hydrogen (secondary N) is 1. The molecule has 2 N–H and O–H groups in total. The van der Waals surface area contributed by atoms with Crippen LogP contribution < -0.4 is 5.32 Å². The molecule has 2 aromatic carbocycles. The number of hydrogen-bond acceptors (Lipinski definition) is 4. The average molecular weight is 477 g/mol. The van der Waals surface area contributed by atoms with Crippen molar-refractivity contribution < 1.29 is 24.2 Å². The summed E-state index contributed by atoms with van der Waals surface area (Å²) in [5, 5.41) is 11.9. The number of nitrogens with zero attached hydrogens (tertiary/aromatic N) is 1. The molecule has 3 aliphatic rings. The first-order valence-electron chi connectivity index (χ1n) is 12.6. The number of carbonyl (C=O) groups is 3. The Balaban J connectivity index is 1.04. The predicted molar refractivity (Wildman–Crippen MR) is 131 cm³/mol. The van der Waals surface area contributed by atoms with Crippen molar-refractivity contribution in [1.29, 1.82) is 0 Å². The number of ether oxygens (including phenoxy) is 1. The monoisotopic (exact) mass is 476 g/mol. The summed E-state index contributed by atoms with van der Waals surface area (Å²) in [5.74, 6) is -0.0771. The maximum atomic E-state index is 12.6. The van der Waals surface area contributed by atoms with Gasteiger partial charge in [0.2, 0.25) is 5.91 Å². The fourth-order valence-electron chi connectivity index (χ4n) is 6.03. The number of likely N-dealkylation sites (tertiary alicyclic amines) is 1. The van der Waals surface area contributed by atoms with Crippen LogP contribution in [0.4, 0.5) is 4.79 Å². The van der Waals surface area contributed by atoms with Gasteiger partial charge in [0.1, 0.15) is 6.61 Å². The van der Waals surface area contributed by atoms with Gasteiger partial charge in [0.15, 0.2) is 0 Å². The van der Waals surface area contributed by atoms with Crippen molar-refractivity contribution >= 4 is 18.0 Å². The van der Waals surface area contributed by atoms with Crippen LogP contribution in [0.1, 0.15) is 55.6 Å². The number of carboxylic acids is 1. The largest absolute Gasteiger partial charge is 0.481 e. The smallest absolute Gasteiger partial charge is 0.407 e. The van der Waals surface area contributed by atoms with Gasteiger partial charge in [-0.25, -0.2) is 4.79 Å². The number of benzene rings is 2. The number of fused-ring (bicyclic) bond motifs is 3. The molecule has 2 aromatic rings. The van der Waals surface area contributed by atoms with Crippen LogP contribution in [0, 0.1) is 11.8 Å². The van der Waals surface area contributed by atoms with Gasteiger partial charge in [-0.15, -0.1) is 0 Å². The number of carbonyl (C=O) groups excluding carboxylic acids is 2. The maximum Gasteiger partial charge on any atom is 0.407 e. The predicted octanol–water partition coefficient (Wildman–Crippen LogP) is 4.41. The molecule has 5 rings (SSSR count). The molecule has 0 bridgehead atoms. The van der Waals surface area contributed by atoms with E-state index >= 15 is 0 Å². The summed E-state index contributed by atoms with van der Waals surface area (Å²) in [6.45, 7) is 1.51. The third-order valence-corrected chi connectivity index (χ3v) is 7.78. The molecular formula is C28H32N2O5. The second kappa shape index (κ2) is 10.1. The molecule has 1 aliphatic heterocycles. The van der Waals surface area contributed by atoms with Crippen molar-refractivity contribution in [2.45, 2.75) is 50.5 Å². The average Bonchev–Trinajstić information content (AvgIpc) is 3.41. The van der Waals surface area contributed by atoms with E-state index in [1.807, 2.05) is 24.3 Å². The summed E-state index contributed by atoms with van der Waals surface area (Å²) in [6, 6.07) is 16.4. The Kier molecular flexibility index (Phi) is 6.75. The highest BCUT2D eigenvalue weighted by Crippen LogP contribution is 2.44. The van der Waals surface area contributed by atoms with Crippen LogP contribution in [-0.4, -0.2) is 53.7 Å². The van der Waals surface area contributed by atoms with E-state index in [4.69, 9.17) is 9.84 Å². The first-order valence-corrected chi connectivity index (χ1v) is 12.6. The fourth-order valence-corrected chi connectivity index (χ4v) is 6.03. The Morgan fingerprint density at radius 2 is 1.60 bits per heavy atom. The molecule has 7 nitrogen and oxygen atoms in total. The summed E-state index contributed by atoms with van der Waals surface area (Å²) in [4.78, 5) is 37.8. The Morgan fingerprint density at radius 1 is 0.943 bits per heavy atom. The standard InChI is InChI=1S/C28H32N2O5/c31-26(30-11-5-6-20(30)15-27(32)33)14-18-12-19(13-18)16-29-28(34)35-17-25-23-9-3-1-7-21(23)22-8-2-4-10-24(22)25/h1-4,7-10,18-20,25H,5-6,11-17H2,(H,29,34)(H,32,33). The minimum absolute atomic E-state index is 0.0308. The van der Waals surface area contributed by atoms with Crippen molar-refractivity contribution in [3.63, 3.8) is 0 Å². The maximum absolute atomic E-state index is 12.6. The Bertz CT molecular complexity index is 1060. The third-order valence-electron chi connectivity index (χ3n) is 7.78. The lowest BCUT2D eigenvalue weighted by Crippen LogP contribution is -2.41.